The molecule has 0 bridgehead atoms. The minimum absolute atomic E-state index is 0.0128. The Kier molecular flexibility index (Phi) is 6.57. The molecule has 5 heteroatoms. The standard InChI is InChI=1S/C20H24N2O3/c1-4-5-19(23)21-16-7-9-17(10-8-16)22-20(24)13-25-18-11-6-14(2)12-15(18)3/h6-12H,4-5,13H2,1-3H3,(H,21,23)(H,22,24). The molecule has 0 unspecified atom stereocenters. The van der Waals surface area contributed by atoms with Crippen molar-refractivity contribution < 1.29 is 14.3 Å². The maximum Gasteiger partial charge on any atom is 0.262 e. The Morgan fingerprint density at radius 1 is 0.920 bits per heavy atom. The van der Waals surface area contributed by atoms with E-state index in [9.17, 15) is 9.59 Å². The van der Waals surface area contributed by atoms with Crippen molar-refractivity contribution in [3.05, 3.63) is 53.6 Å². The minimum atomic E-state index is -0.234. The lowest BCUT2D eigenvalue weighted by Gasteiger charge is -2.11. The predicted octanol–water partition coefficient (Wildman–Crippen LogP) is 4.06. The Morgan fingerprint density at radius 2 is 1.52 bits per heavy atom. The smallest absolute Gasteiger partial charge is 0.262 e. The highest BCUT2D eigenvalue weighted by Gasteiger charge is 2.06. The van der Waals surface area contributed by atoms with Crippen molar-refractivity contribution in [2.24, 2.45) is 0 Å². The van der Waals surface area contributed by atoms with Crippen LogP contribution in [0.1, 0.15) is 30.9 Å². The minimum Gasteiger partial charge on any atom is -0.483 e. The van der Waals surface area contributed by atoms with E-state index in [1.165, 1.54) is 0 Å². The highest BCUT2D eigenvalue weighted by atomic mass is 16.5. The third-order valence-corrected chi connectivity index (χ3v) is 3.62. The van der Waals surface area contributed by atoms with Crippen LogP contribution in [0.3, 0.4) is 0 Å². The molecular weight excluding hydrogens is 316 g/mol. The molecule has 0 saturated heterocycles. The van der Waals surface area contributed by atoms with Gasteiger partial charge in [0.05, 0.1) is 0 Å². The summed E-state index contributed by atoms with van der Waals surface area (Å²) in [6.07, 6.45) is 1.30. The summed E-state index contributed by atoms with van der Waals surface area (Å²) >= 11 is 0. The van der Waals surface area contributed by atoms with E-state index in [0.717, 1.165) is 17.5 Å². The Hall–Kier alpha value is -2.82. The average Bonchev–Trinajstić information content (AvgIpc) is 2.56. The first-order chi connectivity index (χ1) is 12.0. The van der Waals surface area contributed by atoms with Gasteiger partial charge >= 0.3 is 0 Å². The van der Waals surface area contributed by atoms with Gasteiger partial charge in [-0.2, -0.15) is 0 Å². The van der Waals surface area contributed by atoms with Crippen LogP contribution in [0, 0.1) is 13.8 Å². The third kappa shape index (κ3) is 5.95. The van der Waals surface area contributed by atoms with Gasteiger partial charge in [-0.3, -0.25) is 9.59 Å². The molecule has 0 radical (unpaired) electrons. The van der Waals surface area contributed by atoms with Gasteiger partial charge in [-0.1, -0.05) is 24.6 Å². The highest BCUT2D eigenvalue weighted by Crippen LogP contribution is 2.19. The van der Waals surface area contributed by atoms with Gasteiger partial charge in [0.1, 0.15) is 5.75 Å². The second-order valence-corrected chi connectivity index (χ2v) is 5.98. The fourth-order valence-electron chi connectivity index (χ4n) is 2.39. The van der Waals surface area contributed by atoms with Crippen LogP contribution in [0.2, 0.25) is 0 Å². The maximum atomic E-state index is 12.0. The summed E-state index contributed by atoms with van der Waals surface area (Å²) < 4.78 is 5.56. The molecule has 132 valence electrons. The van der Waals surface area contributed by atoms with E-state index >= 15 is 0 Å². The zero-order valence-corrected chi connectivity index (χ0v) is 14.9. The van der Waals surface area contributed by atoms with Crippen LogP contribution in [-0.2, 0) is 9.59 Å². The van der Waals surface area contributed by atoms with Gasteiger partial charge in [0, 0.05) is 17.8 Å². The molecule has 0 heterocycles. The molecule has 5 nitrogen and oxygen atoms in total. The number of nitrogens with one attached hydrogen (secondary N) is 2. The number of rotatable bonds is 7. The molecule has 25 heavy (non-hydrogen) atoms. The van der Waals surface area contributed by atoms with E-state index in [2.05, 4.69) is 10.6 Å². The van der Waals surface area contributed by atoms with Crippen molar-refractivity contribution >= 4 is 23.2 Å². The van der Waals surface area contributed by atoms with Crippen LogP contribution in [0.5, 0.6) is 5.75 Å². The molecule has 0 aliphatic rings. The molecular formula is C20H24N2O3. The van der Waals surface area contributed by atoms with Crippen molar-refractivity contribution in [2.75, 3.05) is 17.2 Å². The number of carbonyl (C=O) groups is 2. The Morgan fingerprint density at radius 3 is 2.08 bits per heavy atom. The van der Waals surface area contributed by atoms with Crippen molar-refractivity contribution in [1.82, 2.24) is 0 Å². The van der Waals surface area contributed by atoms with Crippen LogP contribution in [0.4, 0.5) is 11.4 Å². The second-order valence-electron chi connectivity index (χ2n) is 5.98. The van der Waals surface area contributed by atoms with Crippen LogP contribution >= 0.6 is 0 Å². The first kappa shape index (κ1) is 18.5. The number of aryl methyl sites for hydroxylation is 2. The topological polar surface area (TPSA) is 67.4 Å². The molecule has 0 aliphatic carbocycles. The van der Waals surface area contributed by atoms with Gasteiger partial charge < -0.3 is 15.4 Å². The highest BCUT2D eigenvalue weighted by molar-refractivity contribution is 5.93. The summed E-state index contributed by atoms with van der Waals surface area (Å²) in [6.45, 7) is 5.86. The Bertz CT molecular complexity index is 739. The molecule has 0 aliphatic heterocycles. The molecule has 2 rings (SSSR count). The van der Waals surface area contributed by atoms with Crippen LogP contribution in [0.25, 0.3) is 0 Å². The lowest BCUT2D eigenvalue weighted by molar-refractivity contribution is -0.118. The second kappa shape index (κ2) is 8.87. The SMILES string of the molecule is CCCC(=O)Nc1ccc(NC(=O)COc2ccc(C)cc2C)cc1. The fourth-order valence-corrected chi connectivity index (χ4v) is 2.39. The van der Waals surface area contributed by atoms with Gasteiger partial charge in [-0.15, -0.1) is 0 Å². The van der Waals surface area contributed by atoms with Crippen LogP contribution in [-0.4, -0.2) is 18.4 Å². The third-order valence-electron chi connectivity index (χ3n) is 3.62. The summed E-state index contributed by atoms with van der Waals surface area (Å²) in [4.78, 5) is 23.6. The van der Waals surface area contributed by atoms with Crippen molar-refractivity contribution in [3.8, 4) is 5.75 Å². The zero-order chi connectivity index (χ0) is 18.2. The van der Waals surface area contributed by atoms with Gasteiger partial charge in [0.15, 0.2) is 6.61 Å². The number of amides is 2. The number of anilines is 2. The van der Waals surface area contributed by atoms with Crippen molar-refractivity contribution in [3.63, 3.8) is 0 Å². The van der Waals surface area contributed by atoms with E-state index in [1.54, 1.807) is 24.3 Å². The predicted molar refractivity (Wildman–Crippen MR) is 100 cm³/mol. The van der Waals surface area contributed by atoms with Gasteiger partial charge in [-0.05, 0) is 56.2 Å². The lowest BCUT2D eigenvalue weighted by Crippen LogP contribution is -2.20. The number of ether oxygens (including phenoxy) is 1. The van der Waals surface area contributed by atoms with Crippen molar-refractivity contribution in [1.29, 1.82) is 0 Å². The Labute approximate surface area is 148 Å². The molecule has 2 amide bonds. The molecule has 0 fully saturated rings. The quantitative estimate of drug-likeness (QED) is 0.799. The zero-order valence-electron chi connectivity index (χ0n) is 14.9. The summed E-state index contributed by atoms with van der Waals surface area (Å²) in [7, 11) is 0. The van der Waals surface area contributed by atoms with E-state index in [1.807, 2.05) is 39.0 Å². The van der Waals surface area contributed by atoms with Gasteiger partial charge in [0.25, 0.3) is 5.91 Å². The van der Waals surface area contributed by atoms with Crippen LogP contribution in [0.15, 0.2) is 42.5 Å². The lowest BCUT2D eigenvalue weighted by atomic mass is 10.1. The number of carbonyl (C=O) groups excluding carboxylic acids is 2. The summed E-state index contributed by atoms with van der Waals surface area (Å²) in [5.41, 5.74) is 3.52. The molecule has 0 spiro atoms. The molecule has 0 atom stereocenters. The maximum absolute atomic E-state index is 12.0. The molecule has 2 aromatic carbocycles. The first-order valence-electron chi connectivity index (χ1n) is 8.37. The van der Waals surface area contributed by atoms with Crippen LogP contribution < -0.4 is 15.4 Å². The number of hydrogen-bond donors (Lipinski definition) is 2. The first-order valence-corrected chi connectivity index (χ1v) is 8.37. The summed E-state index contributed by atoms with van der Waals surface area (Å²) in [5, 5.41) is 5.58. The normalized spacial score (nSPS) is 10.2. The fraction of sp³-hybridized carbons (Fsp3) is 0.300. The van der Waals surface area contributed by atoms with E-state index in [0.29, 0.717) is 23.5 Å². The van der Waals surface area contributed by atoms with Gasteiger partial charge in [-0.25, -0.2) is 0 Å². The number of hydrogen-bond acceptors (Lipinski definition) is 3. The molecule has 0 saturated carbocycles. The summed E-state index contributed by atoms with van der Waals surface area (Å²) in [6, 6.07) is 12.8. The van der Waals surface area contributed by atoms with Gasteiger partial charge in [0.2, 0.25) is 5.91 Å². The summed E-state index contributed by atoms with van der Waals surface area (Å²) in [5.74, 6) is 0.457. The molecule has 2 aromatic rings. The monoisotopic (exact) mass is 340 g/mol. The van der Waals surface area contributed by atoms with Crippen molar-refractivity contribution in [2.45, 2.75) is 33.6 Å². The Balaban J connectivity index is 1.84. The molecule has 0 aromatic heterocycles. The average molecular weight is 340 g/mol. The van der Waals surface area contributed by atoms with E-state index < -0.39 is 0 Å². The largest absolute Gasteiger partial charge is 0.483 e. The van der Waals surface area contributed by atoms with E-state index in [-0.39, 0.29) is 18.4 Å². The number of benzene rings is 2. The van der Waals surface area contributed by atoms with E-state index in [4.69, 9.17) is 4.74 Å². The molecule has 2 N–H and O–H groups in total.